The van der Waals surface area contributed by atoms with Crippen molar-refractivity contribution >= 4 is 28.3 Å². The molecule has 1 aromatic heterocycles. The minimum Gasteiger partial charge on any atom is -0.324 e. The molecule has 0 saturated heterocycles. The molecule has 5 nitrogen and oxygen atoms in total. The number of rotatable bonds is 2. The lowest BCUT2D eigenvalue weighted by Gasteiger charge is -2.02. The molecule has 2 N–H and O–H groups in total. The number of hydrogen-bond acceptors (Lipinski definition) is 4. The van der Waals surface area contributed by atoms with Crippen LogP contribution in [0.2, 0.25) is 0 Å². The third kappa shape index (κ3) is 2.53. The fourth-order valence-electron chi connectivity index (χ4n) is 1.14. The van der Waals surface area contributed by atoms with Gasteiger partial charge in [-0.3, -0.25) is 0 Å². The molecule has 0 aliphatic rings. The summed E-state index contributed by atoms with van der Waals surface area (Å²) in [5.41, 5.74) is 6.39. The summed E-state index contributed by atoms with van der Waals surface area (Å²) in [7, 11) is 0. The average Bonchev–Trinajstić information content (AvgIpc) is 2.65. The first kappa shape index (κ1) is 12.1. The first-order valence-electron chi connectivity index (χ1n) is 4.04. The van der Waals surface area contributed by atoms with E-state index in [0.717, 1.165) is 10.2 Å². The second-order valence-electron chi connectivity index (χ2n) is 2.69. The second kappa shape index (κ2) is 5.20. The van der Waals surface area contributed by atoms with Crippen molar-refractivity contribution in [2.45, 2.75) is 6.54 Å². The van der Waals surface area contributed by atoms with E-state index in [1.807, 2.05) is 24.3 Å². The van der Waals surface area contributed by atoms with Gasteiger partial charge in [0.2, 0.25) is 0 Å². The van der Waals surface area contributed by atoms with Crippen LogP contribution in [0.1, 0.15) is 5.82 Å². The highest BCUT2D eigenvalue weighted by molar-refractivity contribution is 9.10. The summed E-state index contributed by atoms with van der Waals surface area (Å²) in [5, 5.41) is 11.2. The SMILES string of the molecule is Cl.NCc1nnnn1-c1cccc(Br)c1. The average molecular weight is 291 g/mol. The third-order valence-corrected chi connectivity index (χ3v) is 2.26. The molecule has 0 amide bonds. The summed E-state index contributed by atoms with van der Waals surface area (Å²) in [6.07, 6.45) is 0. The largest absolute Gasteiger partial charge is 0.324 e. The van der Waals surface area contributed by atoms with Crippen molar-refractivity contribution in [1.82, 2.24) is 20.2 Å². The topological polar surface area (TPSA) is 69.6 Å². The normalized spacial score (nSPS) is 9.73. The highest BCUT2D eigenvalue weighted by Gasteiger charge is 2.05. The molecule has 80 valence electrons. The Morgan fingerprint density at radius 1 is 1.40 bits per heavy atom. The van der Waals surface area contributed by atoms with Crippen LogP contribution in [0.15, 0.2) is 28.7 Å². The van der Waals surface area contributed by atoms with Gasteiger partial charge in [-0.2, -0.15) is 4.68 Å². The van der Waals surface area contributed by atoms with E-state index >= 15 is 0 Å². The van der Waals surface area contributed by atoms with Crippen molar-refractivity contribution in [3.8, 4) is 5.69 Å². The Kier molecular flexibility index (Phi) is 4.19. The highest BCUT2D eigenvalue weighted by atomic mass is 79.9. The van der Waals surface area contributed by atoms with Gasteiger partial charge in [-0.05, 0) is 28.6 Å². The van der Waals surface area contributed by atoms with E-state index in [-0.39, 0.29) is 12.4 Å². The molecule has 15 heavy (non-hydrogen) atoms. The minimum atomic E-state index is 0. The standard InChI is InChI=1S/C8H8BrN5.ClH/c9-6-2-1-3-7(4-6)14-8(5-10)11-12-13-14;/h1-4H,5,10H2;1H. The van der Waals surface area contributed by atoms with Crippen LogP contribution in [0.5, 0.6) is 0 Å². The summed E-state index contributed by atoms with van der Waals surface area (Å²) in [6.45, 7) is 0.319. The van der Waals surface area contributed by atoms with Crippen molar-refractivity contribution in [3.63, 3.8) is 0 Å². The summed E-state index contributed by atoms with van der Waals surface area (Å²) < 4.78 is 2.60. The fraction of sp³-hybridized carbons (Fsp3) is 0.125. The van der Waals surface area contributed by atoms with Gasteiger partial charge in [-0.25, -0.2) is 0 Å². The zero-order chi connectivity index (χ0) is 9.97. The zero-order valence-corrected chi connectivity index (χ0v) is 10.1. The van der Waals surface area contributed by atoms with Crippen LogP contribution in [-0.2, 0) is 6.54 Å². The van der Waals surface area contributed by atoms with Gasteiger partial charge in [0.05, 0.1) is 12.2 Å². The lowest BCUT2D eigenvalue weighted by molar-refractivity contribution is 0.761. The van der Waals surface area contributed by atoms with Gasteiger partial charge in [-0.15, -0.1) is 17.5 Å². The smallest absolute Gasteiger partial charge is 0.170 e. The third-order valence-electron chi connectivity index (χ3n) is 1.77. The first-order chi connectivity index (χ1) is 6.81. The van der Waals surface area contributed by atoms with Crippen molar-refractivity contribution in [2.24, 2.45) is 5.73 Å². The predicted octanol–water partition coefficient (Wildman–Crippen LogP) is 1.31. The van der Waals surface area contributed by atoms with Gasteiger partial charge in [0.25, 0.3) is 0 Å². The van der Waals surface area contributed by atoms with E-state index in [4.69, 9.17) is 5.73 Å². The van der Waals surface area contributed by atoms with Crippen LogP contribution in [0.25, 0.3) is 5.69 Å². The van der Waals surface area contributed by atoms with Crippen LogP contribution in [-0.4, -0.2) is 20.2 Å². The summed E-state index contributed by atoms with van der Waals surface area (Å²) in [5.74, 6) is 0.642. The predicted molar refractivity (Wildman–Crippen MR) is 62.0 cm³/mol. The van der Waals surface area contributed by atoms with Crippen LogP contribution in [0.3, 0.4) is 0 Å². The zero-order valence-electron chi connectivity index (χ0n) is 7.67. The molecule has 0 spiro atoms. The summed E-state index contributed by atoms with van der Waals surface area (Å²) >= 11 is 3.38. The molecule has 0 fully saturated rings. The number of nitrogens with zero attached hydrogens (tertiary/aromatic N) is 4. The van der Waals surface area contributed by atoms with Gasteiger partial charge in [-0.1, -0.05) is 22.0 Å². The Hall–Kier alpha value is -0.980. The van der Waals surface area contributed by atoms with Crippen molar-refractivity contribution < 1.29 is 0 Å². The molecule has 1 heterocycles. The lowest BCUT2D eigenvalue weighted by atomic mass is 10.3. The minimum absolute atomic E-state index is 0. The van der Waals surface area contributed by atoms with E-state index in [1.165, 1.54) is 0 Å². The van der Waals surface area contributed by atoms with E-state index in [2.05, 4.69) is 31.5 Å². The molecule has 7 heteroatoms. The molecule has 2 rings (SSSR count). The Labute approximate surface area is 101 Å². The van der Waals surface area contributed by atoms with Crippen LogP contribution in [0.4, 0.5) is 0 Å². The number of hydrogen-bond donors (Lipinski definition) is 1. The number of tetrazole rings is 1. The van der Waals surface area contributed by atoms with Gasteiger partial charge < -0.3 is 5.73 Å². The van der Waals surface area contributed by atoms with Gasteiger partial charge in [0.15, 0.2) is 5.82 Å². The van der Waals surface area contributed by atoms with E-state index in [0.29, 0.717) is 12.4 Å². The molecule has 0 bridgehead atoms. The van der Waals surface area contributed by atoms with Gasteiger partial charge in [0, 0.05) is 4.47 Å². The molecule has 0 aliphatic carbocycles. The quantitative estimate of drug-likeness (QED) is 0.905. The maximum atomic E-state index is 5.50. The summed E-state index contributed by atoms with van der Waals surface area (Å²) in [4.78, 5) is 0. The van der Waals surface area contributed by atoms with Crippen LogP contribution in [0, 0.1) is 0 Å². The molecule has 0 unspecified atom stereocenters. The molecule has 0 aliphatic heterocycles. The molecular formula is C8H9BrClN5. The lowest BCUT2D eigenvalue weighted by Crippen LogP contribution is -2.07. The Bertz CT molecular complexity index is 444. The highest BCUT2D eigenvalue weighted by Crippen LogP contribution is 2.14. The molecule has 2 aromatic rings. The second-order valence-corrected chi connectivity index (χ2v) is 3.61. The summed E-state index contributed by atoms with van der Waals surface area (Å²) in [6, 6.07) is 7.70. The van der Waals surface area contributed by atoms with E-state index in [9.17, 15) is 0 Å². The first-order valence-corrected chi connectivity index (χ1v) is 4.84. The Balaban J connectivity index is 0.00000112. The van der Waals surface area contributed by atoms with Crippen molar-refractivity contribution in [2.75, 3.05) is 0 Å². The number of benzene rings is 1. The maximum absolute atomic E-state index is 5.50. The van der Waals surface area contributed by atoms with E-state index < -0.39 is 0 Å². The monoisotopic (exact) mass is 289 g/mol. The van der Waals surface area contributed by atoms with Crippen LogP contribution >= 0.6 is 28.3 Å². The molecule has 1 aromatic carbocycles. The fourth-order valence-corrected chi connectivity index (χ4v) is 1.53. The van der Waals surface area contributed by atoms with Crippen LogP contribution < -0.4 is 5.73 Å². The Morgan fingerprint density at radius 2 is 2.20 bits per heavy atom. The number of aromatic nitrogens is 4. The number of halogens is 2. The Morgan fingerprint density at radius 3 is 2.87 bits per heavy atom. The number of nitrogens with two attached hydrogens (primary N) is 1. The van der Waals surface area contributed by atoms with Gasteiger partial charge in [0.1, 0.15) is 0 Å². The van der Waals surface area contributed by atoms with E-state index in [1.54, 1.807) is 4.68 Å². The van der Waals surface area contributed by atoms with Crippen molar-refractivity contribution in [3.05, 3.63) is 34.6 Å². The van der Waals surface area contributed by atoms with Crippen molar-refractivity contribution in [1.29, 1.82) is 0 Å². The maximum Gasteiger partial charge on any atom is 0.170 e. The molecular weight excluding hydrogens is 281 g/mol. The van der Waals surface area contributed by atoms with Gasteiger partial charge >= 0.3 is 0 Å². The molecule has 0 saturated carbocycles. The molecule has 0 atom stereocenters. The molecule has 0 radical (unpaired) electrons.